The zero-order chi connectivity index (χ0) is 27.6. The van der Waals surface area contributed by atoms with Gasteiger partial charge >= 0.3 is 17.9 Å². The summed E-state index contributed by atoms with van der Waals surface area (Å²) in [6.07, 6.45) is 1.59. The first-order chi connectivity index (χ1) is 19.0. The van der Waals surface area contributed by atoms with Gasteiger partial charge < -0.3 is 24.1 Å². The highest BCUT2D eigenvalue weighted by Gasteiger charge is 2.16. The normalized spacial score (nSPS) is 10.5. The van der Waals surface area contributed by atoms with Crippen LogP contribution < -0.4 is 14.2 Å². The van der Waals surface area contributed by atoms with Gasteiger partial charge in [0.15, 0.2) is 0 Å². The summed E-state index contributed by atoms with van der Waals surface area (Å²) >= 11 is 0. The molecule has 0 amide bonds. The second kappa shape index (κ2) is 13.0. The van der Waals surface area contributed by atoms with Gasteiger partial charge in [0.25, 0.3) is 0 Å². The lowest BCUT2D eigenvalue weighted by Gasteiger charge is -2.11. The van der Waals surface area contributed by atoms with Crippen LogP contribution in [0.4, 0.5) is 0 Å². The Kier molecular flexibility index (Phi) is 9.05. The van der Waals surface area contributed by atoms with Gasteiger partial charge in [0.1, 0.15) is 17.2 Å². The van der Waals surface area contributed by atoms with Crippen LogP contribution in [0.3, 0.4) is 0 Å². The van der Waals surface area contributed by atoms with Crippen LogP contribution in [-0.4, -0.2) is 36.2 Å². The molecule has 0 spiro atoms. The fraction of sp³-hybridized carbons (Fsp3) is 0.129. The van der Waals surface area contributed by atoms with Gasteiger partial charge in [-0.05, 0) is 65.4 Å². The molecule has 8 nitrogen and oxygen atoms in total. The molecule has 8 heteroatoms. The third kappa shape index (κ3) is 7.30. The van der Waals surface area contributed by atoms with Gasteiger partial charge in [0.05, 0.1) is 30.9 Å². The standard InChI is InChI=1S/C31H26O8/c1-2-29(33)37-17-5-16-36-26-12-9-22(10-13-26)30(34)39-28-15-11-24(18-25(28)20-32)31(35)38-27-14-8-21-6-3-4-7-23(21)19-27/h2-4,6-15,18-19,32H,1,5,16-17,20H2. The third-order valence-corrected chi connectivity index (χ3v) is 5.66. The summed E-state index contributed by atoms with van der Waals surface area (Å²) < 4.78 is 21.4. The Bertz CT molecular complexity index is 1490. The zero-order valence-electron chi connectivity index (χ0n) is 21.0. The van der Waals surface area contributed by atoms with Gasteiger partial charge in [0.2, 0.25) is 0 Å². The summed E-state index contributed by atoms with van der Waals surface area (Å²) in [6.45, 7) is 3.41. The first-order valence-electron chi connectivity index (χ1n) is 12.2. The van der Waals surface area contributed by atoms with Crippen LogP contribution in [0.5, 0.6) is 17.2 Å². The number of hydrogen-bond donors (Lipinski definition) is 1. The minimum atomic E-state index is -0.640. The number of carbonyl (C=O) groups excluding carboxylic acids is 3. The van der Waals surface area contributed by atoms with E-state index < -0.39 is 24.5 Å². The Balaban J connectivity index is 1.34. The van der Waals surface area contributed by atoms with Crippen LogP contribution in [0.25, 0.3) is 10.8 Å². The second-order valence-electron chi connectivity index (χ2n) is 8.37. The van der Waals surface area contributed by atoms with Gasteiger partial charge in [-0.25, -0.2) is 14.4 Å². The maximum absolute atomic E-state index is 12.7. The van der Waals surface area contributed by atoms with Crippen molar-refractivity contribution in [1.29, 1.82) is 0 Å². The Morgan fingerprint density at radius 2 is 1.44 bits per heavy atom. The highest BCUT2D eigenvalue weighted by Crippen LogP contribution is 2.25. The SMILES string of the molecule is C=CC(=O)OCCCOc1ccc(C(=O)Oc2ccc(C(=O)Oc3ccc4ccccc4c3)cc2CO)cc1. The van der Waals surface area contributed by atoms with Crippen LogP contribution in [0.15, 0.2) is 97.6 Å². The van der Waals surface area contributed by atoms with E-state index in [-0.39, 0.29) is 29.0 Å². The number of hydrogen-bond acceptors (Lipinski definition) is 8. The lowest BCUT2D eigenvalue weighted by Crippen LogP contribution is -2.12. The average Bonchev–Trinajstić information content (AvgIpc) is 2.97. The molecule has 0 unspecified atom stereocenters. The van der Waals surface area contributed by atoms with Gasteiger partial charge in [-0.15, -0.1) is 0 Å². The number of carbonyl (C=O) groups is 3. The summed E-state index contributed by atoms with van der Waals surface area (Å²) in [5, 5.41) is 11.8. The number of fused-ring (bicyclic) bond motifs is 1. The number of rotatable bonds is 11. The van der Waals surface area contributed by atoms with Crippen molar-refractivity contribution in [2.45, 2.75) is 13.0 Å². The predicted molar refractivity (Wildman–Crippen MR) is 144 cm³/mol. The van der Waals surface area contributed by atoms with E-state index in [1.807, 2.05) is 30.3 Å². The van der Waals surface area contributed by atoms with Gasteiger partial charge in [0, 0.05) is 18.1 Å². The van der Waals surface area contributed by atoms with Crippen LogP contribution >= 0.6 is 0 Å². The monoisotopic (exact) mass is 526 g/mol. The van der Waals surface area contributed by atoms with Crippen molar-refractivity contribution in [1.82, 2.24) is 0 Å². The van der Waals surface area contributed by atoms with Crippen molar-refractivity contribution >= 4 is 28.7 Å². The molecule has 0 saturated carbocycles. The molecule has 4 aromatic carbocycles. The summed E-state index contributed by atoms with van der Waals surface area (Å²) in [5.41, 5.74) is 0.729. The third-order valence-electron chi connectivity index (χ3n) is 5.66. The Hall–Kier alpha value is -4.95. The van der Waals surface area contributed by atoms with Gasteiger partial charge in [-0.3, -0.25) is 0 Å². The lowest BCUT2D eigenvalue weighted by molar-refractivity contribution is -0.137. The maximum Gasteiger partial charge on any atom is 0.343 e. The molecule has 0 aliphatic carbocycles. The minimum absolute atomic E-state index is 0.124. The van der Waals surface area contributed by atoms with Crippen molar-refractivity contribution in [3.8, 4) is 17.2 Å². The van der Waals surface area contributed by atoms with Crippen molar-refractivity contribution in [3.05, 3.63) is 114 Å². The van der Waals surface area contributed by atoms with Crippen molar-refractivity contribution in [3.63, 3.8) is 0 Å². The molecular weight excluding hydrogens is 500 g/mol. The molecule has 0 fully saturated rings. The number of ether oxygens (including phenoxy) is 4. The summed E-state index contributed by atoms with van der Waals surface area (Å²) in [6, 6.07) is 23.7. The molecule has 0 aliphatic heterocycles. The van der Waals surface area contributed by atoms with E-state index in [2.05, 4.69) is 6.58 Å². The van der Waals surface area contributed by atoms with E-state index in [0.717, 1.165) is 16.8 Å². The summed E-state index contributed by atoms with van der Waals surface area (Å²) in [4.78, 5) is 36.4. The average molecular weight is 527 g/mol. The maximum atomic E-state index is 12.7. The topological polar surface area (TPSA) is 108 Å². The predicted octanol–water partition coefficient (Wildman–Crippen LogP) is 5.27. The molecular formula is C31H26O8. The van der Waals surface area contributed by atoms with E-state index in [9.17, 15) is 19.5 Å². The van der Waals surface area contributed by atoms with Crippen LogP contribution in [0.1, 0.15) is 32.7 Å². The largest absolute Gasteiger partial charge is 0.493 e. The Morgan fingerprint density at radius 1 is 0.744 bits per heavy atom. The van der Waals surface area contributed by atoms with E-state index >= 15 is 0 Å². The van der Waals surface area contributed by atoms with Crippen molar-refractivity contribution < 1.29 is 38.4 Å². The lowest BCUT2D eigenvalue weighted by atomic mass is 10.1. The zero-order valence-corrected chi connectivity index (χ0v) is 21.0. The van der Waals surface area contributed by atoms with E-state index in [1.54, 1.807) is 36.4 Å². The van der Waals surface area contributed by atoms with Gasteiger partial charge in [-0.1, -0.05) is 36.9 Å². The Morgan fingerprint density at radius 3 is 2.18 bits per heavy atom. The number of benzene rings is 4. The number of esters is 3. The molecule has 39 heavy (non-hydrogen) atoms. The molecule has 0 aromatic heterocycles. The van der Waals surface area contributed by atoms with Gasteiger partial charge in [-0.2, -0.15) is 0 Å². The first kappa shape index (κ1) is 27.1. The summed E-state index contributed by atoms with van der Waals surface area (Å²) in [7, 11) is 0. The molecule has 0 bridgehead atoms. The van der Waals surface area contributed by atoms with Crippen molar-refractivity contribution in [2.24, 2.45) is 0 Å². The number of aliphatic hydroxyl groups excluding tert-OH is 1. The molecule has 0 aliphatic rings. The summed E-state index contributed by atoms with van der Waals surface area (Å²) in [5.74, 6) is -0.682. The molecule has 0 atom stereocenters. The first-order valence-corrected chi connectivity index (χ1v) is 12.2. The molecule has 0 radical (unpaired) electrons. The van der Waals surface area contributed by atoms with E-state index in [4.69, 9.17) is 18.9 Å². The molecule has 1 N–H and O–H groups in total. The fourth-order valence-electron chi connectivity index (χ4n) is 3.65. The minimum Gasteiger partial charge on any atom is -0.493 e. The molecule has 0 saturated heterocycles. The molecule has 4 rings (SSSR count). The van der Waals surface area contributed by atoms with Crippen LogP contribution in [0, 0.1) is 0 Å². The number of aliphatic hydroxyl groups is 1. The highest BCUT2D eigenvalue weighted by atomic mass is 16.5. The molecule has 198 valence electrons. The Labute approximate surface area is 225 Å². The van der Waals surface area contributed by atoms with E-state index in [0.29, 0.717) is 24.5 Å². The van der Waals surface area contributed by atoms with Crippen molar-refractivity contribution in [2.75, 3.05) is 13.2 Å². The quantitative estimate of drug-likeness (QED) is 0.122. The van der Waals surface area contributed by atoms with Crippen LogP contribution in [0.2, 0.25) is 0 Å². The fourth-order valence-corrected chi connectivity index (χ4v) is 3.65. The smallest absolute Gasteiger partial charge is 0.343 e. The van der Waals surface area contributed by atoms with E-state index in [1.165, 1.54) is 18.2 Å². The second-order valence-corrected chi connectivity index (χ2v) is 8.37. The highest BCUT2D eigenvalue weighted by molar-refractivity contribution is 5.94. The molecule has 4 aromatic rings. The molecule has 0 heterocycles. The van der Waals surface area contributed by atoms with Crippen LogP contribution in [-0.2, 0) is 16.1 Å².